The fourth-order valence-corrected chi connectivity index (χ4v) is 2.99. The minimum Gasteiger partial charge on any atom is -0.298 e. The van der Waals surface area contributed by atoms with Crippen LogP contribution in [0.4, 0.5) is 0 Å². The van der Waals surface area contributed by atoms with Crippen LogP contribution in [0.25, 0.3) is 0 Å². The Morgan fingerprint density at radius 1 is 1.25 bits per heavy atom. The van der Waals surface area contributed by atoms with Crippen molar-refractivity contribution in [3.63, 3.8) is 0 Å². The molecule has 1 fully saturated rings. The molecule has 1 aromatic rings. The van der Waals surface area contributed by atoms with E-state index in [1.807, 2.05) is 12.1 Å². The largest absolute Gasteiger partial charge is 0.298 e. The van der Waals surface area contributed by atoms with Gasteiger partial charge in [0.1, 0.15) is 5.78 Å². The number of Topliss-reactive ketones (excluding diaryl/α,β-unsaturated/α-hetero) is 1. The van der Waals surface area contributed by atoms with Crippen LogP contribution >= 0.6 is 11.8 Å². The molecule has 2 nitrogen and oxygen atoms in total. The molecule has 1 heterocycles. The molecule has 0 saturated heterocycles. The zero-order valence-corrected chi connectivity index (χ0v) is 10.2. The van der Waals surface area contributed by atoms with Crippen molar-refractivity contribution in [3.8, 4) is 0 Å². The standard InChI is InChI=1S/C13H17NOS/c15-13(11-4-2-1-3-5-11)10-16-12-6-8-14-9-7-12/h6-9,11H,1-5,10H2. The number of carbonyl (C=O) groups is 1. The van der Waals surface area contributed by atoms with Gasteiger partial charge in [-0.2, -0.15) is 0 Å². The van der Waals surface area contributed by atoms with E-state index in [-0.39, 0.29) is 0 Å². The lowest BCUT2D eigenvalue weighted by molar-refractivity contribution is -0.121. The van der Waals surface area contributed by atoms with Crippen LogP contribution in [0.2, 0.25) is 0 Å². The van der Waals surface area contributed by atoms with Gasteiger partial charge in [0.25, 0.3) is 0 Å². The van der Waals surface area contributed by atoms with E-state index in [4.69, 9.17) is 0 Å². The molecule has 0 spiro atoms. The normalized spacial score (nSPS) is 17.2. The Labute approximate surface area is 101 Å². The topological polar surface area (TPSA) is 30.0 Å². The van der Waals surface area contributed by atoms with Gasteiger partial charge in [0, 0.05) is 23.2 Å². The van der Waals surface area contributed by atoms with Crippen LogP contribution in [0, 0.1) is 5.92 Å². The average molecular weight is 235 g/mol. The van der Waals surface area contributed by atoms with E-state index in [0.29, 0.717) is 17.5 Å². The molecule has 0 atom stereocenters. The second-order valence-corrected chi connectivity index (χ2v) is 5.32. The quantitative estimate of drug-likeness (QED) is 0.750. The number of rotatable bonds is 4. The molecule has 0 aliphatic heterocycles. The van der Waals surface area contributed by atoms with Gasteiger partial charge in [0.2, 0.25) is 0 Å². The summed E-state index contributed by atoms with van der Waals surface area (Å²) in [5.74, 6) is 1.39. The van der Waals surface area contributed by atoms with E-state index < -0.39 is 0 Å². The fraction of sp³-hybridized carbons (Fsp3) is 0.538. The molecule has 2 rings (SSSR count). The van der Waals surface area contributed by atoms with E-state index in [9.17, 15) is 4.79 Å². The van der Waals surface area contributed by atoms with Gasteiger partial charge in [0.05, 0.1) is 5.75 Å². The molecule has 3 heteroatoms. The Hall–Kier alpha value is -0.830. The molecular weight excluding hydrogens is 218 g/mol. The average Bonchev–Trinajstić information content (AvgIpc) is 2.38. The number of pyridine rings is 1. The third-order valence-electron chi connectivity index (χ3n) is 3.09. The van der Waals surface area contributed by atoms with Crippen molar-refractivity contribution in [2.75, 3.05) is 5.75 Å². The Bertz CT molecular complexity index is 333. The Morgan fingerprint density at radius 2 is 1.94 bits per heavy atom. The number of ketones is 1. The third kappa shape index (κ3) is 3.34. The number of hydrogen-bond donors (Lipinski definition) is 0. The maximum atomic E-state index is 11.9. The number of nitrogens with zero attached hydrogens (tertiary/aromatic N) is 1. The maximum absolute atomic E-state index is 11.9. The van der Waals surface area contributed by atoms with E-state index in [0.717, 1.165) is 17.7 Å². The molecule has 1 saturated carbocycles. The van der Waals surface area contributed by atoms with Crippen LogP contribution in [0.15, 0.2) is 29.4 Å². The molecular formula is C13H17NOS. The Morgan fingerprint density at radius 3 is 2.62 bits per heavy atom. The van der Waals surface area contributed by atoms with Crippen LogP contribution in [-0.4, -0.2) is 16.5 Å². The van der Waals surface area contributed by atoms with E-state index in [1.165, 1.54) is 19.3 Å². The van der Waals surface area contributed by atoms with Crippen molar-refractivity contribution < 1.29 is 4.79 Å². The molecule has 16 heavy (non-hydrogen) atoms. The van der Waals surface area contributed by atoms with Gasteiger partial charge in [-0.3, -0.25) is 9.78 Å². The Kier molecular flexibility index (Phi) is 4.40. The summed E-state index contributed by atoms with van der Waals surface area (Å²) in [6.07, 6.45) is 9.53. The maximum Gasteiger partial charge on any atom is 0.146 e. The van der Waals surface area contributed by atoms with Crippen molar-refractivity contribution in [3.05, 3.63) is 24.5 Å². The minimum absolute atomic E-state index is 0.336. The third-order valence-corrected chi connectivity index (χ3v) is 4.13. The van der Waals surface area contributed by atoms with Crippen LogP contribution in [-0.2, 0) is 4.79 Å². The molecule has 1 aliphatic rings. The van der Waals surface area contributed by atoms with Crippen LogP contribution in [0.3, 0.4) is 0 Å². The molecule has 0 radical (unpaired) electrons. The first-order chi connectivity index (χ1) is 7.86. The second kappa shape index (κ2) is 6.04. The van der Waals surface area contributed by atoms with Crippen molar-refractivity contribution in [2.45, 2.75) is 37.0 Å². The number of carbonyl (C=O) groups excluding carboxylic acids is 1. The van der Waals surface area contributed by atoms with Gasteiger partial charge in [-0.05, 0) is 25.0 Å². The van der Waals surface area contributed by atoms with Gasteiger partial charge < -0.3 is 0 Å². The first-order valence-electron chi connectivity index (χ1n) is 5.92. The molecule has 1 aromatic heterocycles. The zero-order valence-electron chi connectivity index (χ0n) is 9.39. The lowest BCUT2D eigenvalue weighted by Gasteiger charge is -2.19. The summed E-state index contributed by atoms with van der Waals surface area (Å²) in [6.45, 7) is 0. The monoisotopic (exact) mass is 235 g/mol. The second-order valence-electron chi connectivity index (χ2n) is 4.27. The first-order valence-corrected chi connectivity index (χ1v) is 6.90. The predicted octanol–water partition coefficient (Wildman–Crippen LogP) is 3.32. The van der Waals surface area contributed by atoms with Crippen molar-refractivity contribution in [1.29, 1.82) is 0 Å². The van der Waals surface area contributed by atoms with Crippen molar-refractivity contribution in [2.24, 2.45) is 5.92 Å². The molecule has 0 N–H and O–H groups in total. The zero-order chi connectivity index (χ0) is 11.2. The van der Waals surface area contributed by atoms with Gasteiger partial charge in [-0.25, -0.2) is 0 Å². The first kappa shape index (κ1) is 11.6. The highest BCUT2D eigenvalue weighted by atomic mass is 32.2. The highest BCUT2D eigenvalue weighted by Crippen LogP contribution is 2.26. The summed E-state index contributed by atoms with van der Waals surface area (Å²) in [6, 6.07) is 3.91. The molecule has 86 valence electrons. The van der Waals surface area contributed by atoms with Crippen molar-refractivity contribution >= 4 is 17.5 Å². The predicted molar refractivity (Wildman–Crippen MR) is 66.5 cm³/mol. The smallest absolute Gasteiger partial charge is 0.146 e. The highest BCUT2D eigenvalue weighted by molar-refractivity contribution is 8.00. The SMILES string of the molecule is O=C(CSc1ccncc1)C1CCCCC1. The van der Waals surface area contributed by atoms with Crippen molar-refractivity contribution in [1.82, 2.24) is 4.98 Å². The molecule has 1 aliphatic carbocycles. The van der Waals surface area contributed by atoms with E-state index in [2.05, 4.69) is 4.98 Å². The summed E-state index contributed by atoms with van der Waals surface area (Å²) >= 11 is 1.63. The summed E-state index contributed by atoms with van der Waals surface area (Å²) in [5.41, 5.74) is 0. The molecule has 0 aromatic carbocycles. The summed E-state index contributed by atoms with van der Waals surface area (Å²) in [5, 5.41) is 0. The van der Waals surface area contributed by atoms with Gasteiger partial charge in [-0.15, -0.1) is 11.8 Å². The Balaban J connectivity index is 1.79. The van der Waals surface area contributed by atoms with Crippen LogP contribution < -0.4 is 0 Å². The van der Waals surface area contributed by atoms with E-state index >= 15 is 0 Å². The lowest BCUT2D eigenvalue weighted by atomic mass is 9.87. The van der Waals surface area contributed by atoms with E-state index in [1.54, 1.807) is 24.2 Å². The van der Waals surface area contributed by atoms with Crippen LogP contribution in [0.1, 0.15) is 32.1 Å². The minimum atomic E-state index is 0.336. The number of hydrogen-bond acceptors (Lipinski definition) is 3. The highest BCUT2D eigenvalue weighted by Gasteiger charge is 2.20. The van der Waals surface area contributed by atoms with Gasteiger partial charge in [0.15, 0.2) is 0 Å². The fourth-order valence-electron chi connectivity index (χ4n) is 2.13. The van der Waals surface area contributed by atoms with Gasteiger partial charge >= 0.3 is 0 Å². The summed E-state index contributed by atoms with van der Waals surface area (Å²) in [7, 11) is 0. The summed E-state index contributed by atoms with van der Waals surface area (Å²) in [4.78, 5) is 17.0. The molecule has 0 unspecified atom stereocenters. The molecule has 0 amide bonds. The molecule has 0 bridgehead atoms. The van der Waals surface area contributed by atoms with Crippen LogP contribution in [0.5, 0.6) is 0 Å². The number of thioether (sulfide) groups is 1. The lowest BCUT2D eigenvalue weighted by Crippen LogP contribution is -2.19. The number of aromatic nitrogens is 1. The van der Waals surface area contributed by atoms with Gasteiger partial charge in [-0.1, -0.05) is 19.3 Å². The summed E-state index contributed by atoms with van der Waals surface area (Å²) < 4.78 is 0.